The van der Waals surface area contributed by atoms with E-state index in [1.807, 2.05) is 50.2 Å². The maximum absolute atomic E-state index is 12.0. The van der Waals surface area contributed by atoms with E-state index in [2.05, 4.69) is 10.5 Å². The van der Waals surface area contributed by atoms with Crippen LogP contribution in [0.2, 0.25) is 0 Å². The molecule has 0 fully saturated rings. The maximum Gasteiger partial charge on any atom is 0.317 e. The number of rotatable bonds is 5. The third-order valence-electron chi connectivity index (χ3n) is 3.31. The molecule has 2 rings (SSSR count). The molecule has 1 aromatic carbocycles. The van der Waals surface area contributed by atoms with E-state index in [0.717, 1.165) is 16.9 Å². The normalized spacial score (nSPS) is 10.4. The number of hydrogen-bond donors (Lipinski definition) is 1. The number of aryl methyl sites for hydroxylation is 1. The molecular formula is C16H22N4O2. The molecule has 0 saturated carbocycles. The average Bonchev–Trinajstić information content (AvgIpc) is 2.91. The van der Waals surface area contributed by atoms with Crippen LogP contribution in [-0.2, 0) is 13.1 Å². The lowest BCUT2D eigenvalue weighted by molar-refractivity contribution is 0.205. The molecule has 1 N–H and O–H groups in total. The van der Waals surface area contributed by atoms with Crippen LogP contribution in [-0.4, -0.2) is 37.2 Å². The fraction of sp³-hybridized carbons (Fsp3) is 0.375. The number of aromatic nitrogens is 1. The summed E-state index contributed by atoms with van der Waals surface area (Å²) < 4.78 is 5.06. The summed E-state index contributed by atoms with van der Waals surface area (Å²) in [4.78, 5) is 15.7. The molecule has 0 aliphatic carbocycles. The molecule has 22 heavy (non-hydrogen) atoms. The Morgan fingerprint density at radius 2 is 1.91 bits per heavy atom. The Morgan fingerprint density at radius 1 is 1.23 bits per heavy atom. The van der Waals surface area contributed by atoms with Gasteiger partial charge in [0.25, 0.3) is 0 Å². The Hall–Kier alpha value is -2.50. The zero-order valence-corrected chi connectivity index (χ0v) is 13.5. The number of hydrogen-bond acceptors (Lipinski definition) is 4. The van der Waals surface area contributed by atoms with Crippen LogP contribution in [0.15, 0.2) is 34.9 Å². The van der Waals surface area contributed by atoms with Crippen molar-refractivity contribution < 1.29 is 9.32 Å². The van der Waals surface area contributed by atoms with Crippen LogP contribution in [0.1, 0.15) is 17.0 Å². The number of benzene rings is 1. The van der Waals surface area contributed by atoms with Gasteiger partial charge in [-0.05, 0) is 24.6 Å². The second kappa shape index (κ2) is 6.98. The van der Waals surface area contributed by atoms with Gasteiger partial charge in [0, 0.05) is 39.4 Å². The van der Waals surface area contributed by atoms with Gasteiger partial charge in [-0.15, -0.1) is 0 Å². The van der Waals surface area contributed by atoms with Gasteiger partial charge < -0.3 is 19.6 Å². The summed E-state index contributed by atoms with van der Waals surface area (Å²) in [5.41, 5.74) is 3.02. The van der Waals surface area contributed by atoms with Crippen molar-refractivity contribution in [3.05, 3.63) is 47.3 Å². The van der Waals surface area contributed by atoms with Gasteiger partial charge in [-0.2, -0.15) is 0 Å². The Labute approximate surface area is 130 Å². The van der Waals surface area contributed by atoms with Gasteiger partial charge in [0.15, 0.2) is 5.76 Å². The summed E-state index contributed by atoms with van der Waals surface area (Å²) in [5, 5.41) is 6.59. The molecule has 1 heterocycles. The van der Waals surface area contributed by atoms with Gasteiger partial charge in [0.05, 0.1) is 12.2 Å². The van der Waals surface area contributed by atoms with E-state index in [1.54, 1.807) is 18.0 Å². The van der Waals surface area contributed by atoms with E-state index in [9.17, 15) is 4.79 Å². The summed E-state index contributed by atoms with van der Waals surface area (Å²) in [7, 11) is 5.76. The van der Waals surface area contributed by atoms with Crippen LogP contribution in [0.25, 0.3) is 0 Å². The fourth-order valence-electron chi connectivity index (χ4n) is 2.04. The predicted octanol–water partition coefficient (Wildman–Crippen LogP) is 2.39. The first-order valence-electron chi connectivity index (χ1n) is 7.13. The van der Waals surface area contributed by atoms with E-state index in [1.165, 1.54) is 0 Å². The van der Waals surface area contributed by atoms with Crippen LogP contribution < -0.4 is 10.2 Å². The van der Waals surface area contributed by atoms with Crippen molar-refractivity contribution in [1.82, 2.24) is 15.4 Å². The summed E-state index contributed by atoms with van der Waals surface area (Å²) in [6.07, 6.45) is 0. The Morgan fingerprint density at radius 3 is 2.45 bits per heavy atom. The van der Waals surface area contributed by atoms with E-state index in [0.29, 0.717) is 18.8 Å². The molecule has 6 heteroatoms. The first-order chi connectivity index (χ1) is 10.5. The molecule has 0 saturated heterocycles. The molecular weight excluding hydrogens is 280 g/mol. The first-order valence-corrected chi connectivity index (χ1v) is 7.13. The molecule has 0 spiro atoms. The lowest BCUT2D eigenvalue weighted by Gasteiger charge is -2.18. The van der Waals surface area contributed by atoms with Crippen molar-refractivity contribution >= 4 is 11.7 Å². The molecule has 2 aromatic rings. The maximum atomic E-state index is 12.0. The molecule has 2 amide bonds. The molecule has 6 nitrogen and oxygen atoms in total. The van der Waals surface area contributed by atoms with E-state index >= 15 is 0 Å². The first kappa shape index (κ1) is 15.9. The van der Waals surface area contributed by atoms with Gasteiger partial charge in [-0.1, -0.05) is 17.3 Å². The SMILES string of the molecule is Cc1cc(CNC(=O)N(C)Cc2ccc(N(C)C)cc2)on1. The fourth-order valence-corrected chi connectivity index (χ4v) is 2.04. The molecule has 118 valence electrons. The highest BCUT2D eigenvalue weighted by atomic mass is 16.5. The number of urea groups is 1. The van der Waals surface area contributed by atoms with Gasteiger partial charge in [0.2, 0.25) is 0 Å². The Kier molecular flexibility index (Phi) is 5.04. The minimum absolute atomic E-state index is 0.147. The molecule has 0 radical (unpaired) electrons. The lowest BCUT2D eigenvalue weighted by Crippen LogP contribution is -2.36. The summed E-state index contributed by atoms with van der Waals surface area (Å²) in [6, 6.07) is 9.79. The van der Waals surface area contributed by atoms with Gasteiger partial charge >= 0.3 is 6.03 Å². The number of anilines is 1. The third-order valence-corrected chi connectivity index (χ3v) is 3.31. The highest BCUT2D eigenvalue weighted by Crippen LogP contribution is 2.13. The second-order valence-electron chi connectivity index (χ2n) is 5.51. The third kappa shape index (κ3) is 4.25. The topological polar surface area (TPSA) is 61.6 Å². The standard InChI is InChI=1S/C16H22N4O2/c1-12-9-15(22-18-12)10-17-16(21)20(4)11-13-5-7-14(8-6-13)19(2)3/h5-9H,10-11H2,1-4H3,(H,17,21). The van der Waals surface area contributed by atoms with Crippen LogP contribution in [0.4, 0.5) is 10.5 Å². The molecule has 0 aliphatic heterocycles. The average molecular weight is 302 g/mol. The van der Waals surface area contributed by atoms with Crippen molar-refractivity contribution in [3.8, 4) is 0 Å². The monoisotopic (exact) mass is 302 g/mol. The van der Waals surface area contributed by atoms with Gasteiger partial charge in [0.1, 0.15) is 0 Å². The van der Waals surface area contributed by atoms with Crippen molar-refractivity contribution in [3.63, 3.8) is 0 Å². The summed E-state index contributed by atoms with van der Waals surface area (Å²) >= 11 is 0. The number of amides is 2. The molecule has 0 aliphatic rings. The van der Waals surface area contributed by atoms with Crippen molar-refractivity contribution in [2.75, 3.05) is 26.0 Å². The van der Waals surface area contributed by atoms with E-state index < -0.39 is 0 Å². The quantitative estimate of drug-likeness (QED) is 0.921. The Bertz CT molecular complexity index is 619. The van der Waals surface area contributed by atoms with E-state index in [4.69, 9.17) is 4.52 Å². The molecule has 0 atom stereocenters. The zero-order valence-electron chi connectivity index (χ0n) is 13.5. The number of carbonyl (C=O) groups is 1. The minimum atomic E-state index is -0.147. The summed E-state index contributed by atoms with van der Waals surface area (Å²) in [5.74, 6) is 0.648. The van der Waals surface area contributed by atoms with Crippen LogP contribution in [0, 0.1) is 6.92 Å². The minimum Gasteiger partial charge on any atom is -0.378 e. The highest BCUT2D eigenvalue weighted by molar-refractivity contribution is 5.73. The molecule has 1 aromatic heterocycles. The lowest BCUT2D eigenvalue weighted by atomic mass is 10.2. The van der Waals surface area contributed by atoms with Crippen LogP contribution in [0.5, 0.6) is 0 Å². The predicted molar refractivity (Wildman–Crippen MR) is 85.7 cm³/mol. The van der Waals surface area contributed by atoms with Crippen LogP contribution in [0.3, 0.4) is 0 Å². The van der Waals surface area contributed by atoms with Crippen molar-refractivity contribution in [2.45, 2.75) is 20.0 Å². The highest BCUT2D eigenvalue weighted by Gasteiger charge is 2.10. The number of carbonyl (C=O) groups excluding carboxylic acids is 1. The van der Waals surface area contributed by atoms with E-state index in [-0.39, 0.29) is 6.03 Å². The number of nitrogens with one attached hydrogen (secondary N) is 1. The smallest absolute Gasteiger partial charge is 0.317 e. The number of nitrogens with zero attached hydrogens (tertiary/aromatic N) is 3. The second-order valence-corrected chi connectivity index (χ2v) is 5.51. The van der Waals surface area contributed by atoms with Gasteiger partial charge in [-0.25, -0.2) is 4.79 Å². The van der Waals surface area contributed by atoms with Crippen molar-refractivity contribution in [1.29, 1.82) is 0 Å². The largest absolute Gasteiger partial charge is 0.378 e. The molecule has 0 bridgehead atoms. The Balaban J connectivity index is 1.85. The summed E-state index contributed by atoms with van der Waals surface area (Å²) in [6.45, 7) is 2.73. The van der Waals surface area contributed by atoms with Gasteiger partial charge in [-0.3, -0.25) is 0 Å². The molecule has 0 unspecified atom stereocenters. The van der Waals surface area contributed by atoms with Crippen LogP contribution >= 0.6 is 0 Å². The zero-order chi connectivity index (χ0) is 16.1. The van der Waals surface area contributed by atoms with Crippen molar-refractivity contribution in [2.24, 2.45) is 0 Å².